The van der Waals surface area contributed by atoms with Crippen LogP contribution in [0.5, 0.6) is 0 Å². The van der Waals surface area contributed by atoms with Gasteiger partial charge in [0, 0.05) is 43.4 Å². The molecule has 140 valence electrons. The molecule has 0 spiro atoms. The number of carbonyl (C=O) groups excluding carboxylic acids is 2. The number of carbonyl (C=O) groups is 2. The summed E-state index contributed by atoms with van der Waals surface area (Å²) in [6, 6.07) is 14.0. The van der Waals surface area contributed by atoms with Gasteiger partial charge in [-0.15, -0.1) is 0 Å². The van der Waals surface area contributed by atoms with E-state index in [2.05, 4.69) is 0 Å². The minimum Gasteiger partial charge on any atom is -0.338 e. The highest BCUT2D eigenvalue weighted by Gasteiger charge is 2.49. The van der Waals surface area contributed by atoms with Gasteiger partial charge in [-0.1, -0.05) is 41.9 Å². The third-order valence-electron chi connectivity index (χ3n) is 5.66. The van der Waals surface area contributed by atoms with Crippen LogP contribution in [0.2, 0.25) is 5.02 Å². The van der Waals surface area contributed by atoms with Crippen molar-refractivity contribution >= 4 is 23.4 Å². The molecule has 0 N–H and O–H groups in total. The van der Waals surface area contributed by atoms with E-state index in [1.807, 2.05) is 35.2 Å². The van der Waals surface area contributed by atoms with Gasteiger partial charge in [-0.05, 0) is 23.8 Å². The van der Waals surface area contributed by atoms with Gasteiger partial charge in [0.05, 0.1) is 11.6 Å². The lowest BCUT2D eigenvalue weighted by molar-refractivity contribution is -0.130. The number of benzene rings is 2. The average Bonchev–Trinajstić information content (AvgIpc) is 3.19. The van der Waals surface area contributed by atoms with E-state index in [4.69, 9.17) is 11.6 Å². The molecule has 0 unspecified atom stereocenters. The van der Waals surface area contributed by atoms with Crippen LogP contribution < -0.4 is 0 Å². The first-order chi connectivity index (χ1) is 13.0. The summed E-state index contributed by atoms with van der Waals surface area (Å²) in [6.07, 6.45) is 0. The minimum absolute atomic E-state index is 0.0408. The number of nitrogens with zero attached hydrogens (tertiary/aromatic N) is 2. The Hall–Kier alpha value is -2.40. The van der Waals surface area contributed by atoms with Gasteiger partial charge < -0.3 is 9.80 Å². The molecule has 2 aliphatic rings. The Morgan fingerprint density at radius 1 is 1.07 bits per heavy atom. The highest BCUT2D eigenvalue weighted by Crippen LogP contribution is 2.45. The standard InChI is InChI=1S/C21H20ClFN2O2/c1-13(26)25-11-15-10-24(21(27)17-8-7-16(22)9-19(17)23)12-18(15)20(25)14-5-3-2-4-6-14/h2-9,15,18,20H,10-12H2,1H3/t15-,18-,20+/m1/s1. The number of rotatable bonds is 2. The number of halogens is 2. The predicted octanol–water partition coefficient (Wildman–Crippen LogP) is 3.77. The largest absolute Gasteiger partial charge is 0.338 e. The first kappa shape index (κ1) is 18.0. The van der Waals surface area contributed by atoms with Crippen molar-refractivity contribution < 1.29 is 14.0 Å². The van der Waals surface area contributed by atoms with Crippen molar-refractivity contribution in [3.8, 4) is 0 Å². The SMILES string of the molecule is CC(=O)N1C[C@H]2CN(C(=O)c3ccc(Cl)cc3F)C[C@H]2[C@@H]1c1ccccc1. The Labute approximate surface area is 162 Å². The molecule has 2 fully saturated rings. The molecule has 2 saturated heterocycles. The number of likely N-dealkylation sites (tertiary alicyclic amines) is 2. The van der Waals surface area contributed by atoms with Gasteiger partial charge in [0.25, 0.3) is 5.91 Å². The second-order valence-electron chi connectivity index (χ2n) is 7.29. The van der Waals surface area contributed by atoms with Gasteiger partial charge in [-0.25, -0.2) is 4.39 Å². The van der Waals surface area contributed by atoms with E-state index >= 15 is 0 Å². The molecule has 0 radical (unpaired) electrons. The lowest BCUT2D eigenvalue weighted by Crippen LogP contribution is -2.36. The summed E-state index contributed by atoms with van der Waals surface area (Å²) in [6.45, 7) is 3.24. The number of hydrogen-bond donors (Lipinski definition) is 0. The third-order valence-corrected chi connectivity index (χ3v) is 5.89. The van der Waals surface area contributed by atoms with Crippen LogP contribution in [0.3, 0.4) is 0 Å². The molecule has 0 saturated carbocycles. The third kappa shape index (κ3) is 3.21. The molecule has 4 nitrogen and oxygen atoms in total. The zero-order valence-electron chi connectivity index (χ0n) is 14.9. The number of fused-ring (bicyclic) bond motifs is 1. The van der Waals surface area contributed by atoms with Crippen molar-refractivity contribution in [3.63, 3.8) is 0 Å². The van der Waals surface area contributed by atoms with E-state index in [0.29, 0.717) is 19.6 Å². The van der Waals surface area contributed by atoms with Crippen LogP contribution in [0.15, 0.2) is 48.5 Å². The monoisotopic (exact) mass is 386 g/mol. The molecular weight excluding hydrogens is 367 g/mol. The highest BCUT2D eigenvalue weighted by atomic mass is 35.5. The fraction of sp³-hybridized carbons (Fsp3) is 0.333. The van der Waals surface area contributed by atoms with Crippen LogP contribution in [0.25, 0.3) is 0 Å². The Morgan fingerprint density at radius 3 is 2.48 bits per heavy atom. The summed E-state index contributed by atoms with van der Waals surface area (Å²) < 4.78 is 14.2. The van der Waals surface area contributed by atoms with Crippen LogP contribution >= 0.6 is 11.6 Å². The second kappa shape index (κ2) is 6.97. The number of hydrogen-bond acceptors (Lipinski definition) is 2. The molecule has 6 heteroatoms. The van der Waals surface area contributed by atoms with Crippen molar-refractivity contribution in [2.24, 2.45) is 11.8 Å². The van der Waals surface area contributed by atoms with E-state index in [0.717, 1.165) is 11.6 Å². The molecule has 27 heavy (non-hydrogen) atoms. The van der Waals surface area contributed by atoms with E-state index in [1.165, 1.54) is 12.1 Å². The predicted molar refractivity (Wildman–Crippen MR) is 101 cm³/mol. The van der Waals surface area contributed by atoms with E-state index in [1.54, 1.807) is 11.8 Å². The molecular formula is C21H20ClFN2O2. The maximum absolute atomic E-state index is 14.2. The van der Waals surface area contributed by atoms with Crippen molar-refractivity contribution in [1.82, 2.24) is 9.80 Å². The molecule has 2 heterocycles. The van der Waals surface area contributed by atoms with Gasteiger partial charge >= 0.3 is 0 Å². The van der Waals surface area contributed by atoms with Crippen LogP contribution in [-0.2, 0) is 4.79 Å². The summed E-state index contributed by atoms with van der Waals surface area (Å²) in [4.78, 5) is 28.6. The maximum Gasteiger partial charge on any atom is 0.256 e. The van der Waals surface area contributed by atoms with Crippen molar-refractivity contribution in [2.45, 2.75) is 13.0 Å². The average molecular weight is 387 g/mol. The fourth-order valence-electron chi connectivity index (χ4n) is 4.45. The fourth-order valence-corrected chi connectivity index (χ4v) is 4.60. The van der Waals surface area contributed by atoms with Crippen LogP contribution in [0.4, 0.5) is 4.39 Å². The lowest BCUT2D eigenvalue weighted by atomic mass is 9.89. The first-order valence-corrected chi connectivity index (χ1v) is 9.40. The molecule has 2 aromatic rings. The molecule has 4 rings (SSSR count). The molecule has 0 bridgehead atoms. The zero-order valence-corrected chi connectivity index (χ0v) is 15.7. The first-order valence-electron chi connectivity index (χ1n) is 9.02. The Balaban J connectivity index is 1.59. The highest BCUT2D eigenvalue weighted by molar-refractivity contribution is 6.30. The second-order valence-corrected chi connectivity index (χ2v) is 7.72. The summed E-state index contributed by atoms with van der Waals surface area (Å²) in [5.74, 6) is -0.539. The molecule has 2 aliphatic heterocycles. The van der Waals surface area contributed by atoms with Gasteiger partial charge in [0.1, 0.15) is 5.82 Å². The summed E-state index contributed by atoms with van der Waals surface area (Å²) in [5, 5.41) is 0.267. The molecule has 0 aliphatic carbocycles. The van der Waals surface area contributed by atoms with Crippen molar-refractivity contribution in [3.05, 3.63) is 70.5 Å². The molecule has 3 atom stereocenters. The Morgan fingerprint density at radius 2 is 1.81 bits per heavy atom. The van der Waals surface area contributed by atoms with Gasteiger partial charge in [-0.2, -0.15) is 0 Å². The van der Waals surface area contributed by atoms with Crippen LogP contribution in [0.1, 0.15) is 28.9 Å². The van der Waals surface area contributed by atoms with Gasteiger partial charge in [0.2, 0.25) is 5.91 Å². The Kier molecular flexibility index (Phi) is 4.64. The van der Waals surface area contributed by atoms with Crippen LogP contribution in [0, 0.1) is 17.7 Å². The normalized spacial score (nSPS) is 24.2. The topological polar surface area (TPSA) is 40.6 Å². The minimum atomic E-state index is -0.602. The zero-order chi connectivity index (χ0) is 19.1. The van der Waals surface area contributed by atoms with Crippen molar-refractivity contribution in [2.75, 3.05) is 19.6 Å². The summed E-state index contributed by atoms with van der Waals surface area (Å²) in [5.41, 5.74) is 1.12. The van der Waals surface area contributed by atoms with Gasteiger partial charge in [-0.3, -0.25) is 9.59 Å². The molecule has 2 aromatic carbocycles. The smallest absolute Gasteiger partial charge is 0.256 e. The van der Waals surface area contributed by atoms with Gasteiger partial charge in [0.15, 0.2) is 0 Å². The van der Waals surface area contributed by atoms with E-state index in [-0.39, 0.29) is 40.3 Å². The lowest BCUT2D eigenvalue weighted by Gasteiger charge is -2.29. The summed E-state index contributed by atoms with van der Waals surface area (Å²) in [7, 11) is 0. The van der Waals surface area contributed by atoms with Crippen LogP contribution in [-0.4, -0.2) is 41.2 Å². The van der Waals surface area contributed by atoms with E-state index in [9.17, 15) is 14.0 Å². The molecule has 2 amide bonds. The quantitative estimate of drug-likeness (QED) is 0.788. The number of amides is 2. The molecule has 0 aromatic heterocycles. The van der Waals surface area contributed by atoms with E-state index < -0.39 is 5.82 Å². The van der Waals surface area contributed by atoms with Crippen molar-refractivity contribution in [1.29, 1.82) is 0 Å². The Bertz CT molecular complexity index is 889. The summed E-state index contributed by atoms with van der Waals surface area (Å²) >= 11 is 5.79. The maximum atomic E-state index is 14.2.